The van der Waals surface area contributed by atoms with Gasteiger partial charge in [0.1, 0.15) is 18.0 Å². The topological polar surface area (TPSA) is 157 Å². The van der Waals surface area contributed by atoms with Crippen molar-refractivity contribution in [1.82, 2.24) is 9.97 Å². The number of aliphatic hydroxyl groups is 2. The van der Waals surface area contributed by atoms with E-state index in [-0.39, 0.29) is 35.7 Å². The van der Waals surface area contributed by atoms with Gasteiger partial charge in [-0.25, -0.2) is 4.79 Å². The van der Waals surface area contributed by atoms with Crippen LogP contribution in [0.25, 0.3) is 0 Å². The number of fused-ring (bicyclic) bond motifs is 5. The van der Waals surface area contributed by atoms with E-state index in [9.17, 15) is 38.6 Å². The van der Waals surface area contributed by atoms with Crippen molar-refractivity contribution < 1.29 is 29.0 Å². The van der Waals surface area contributed by atoms with Crippen LogP contribution in [-0.4, -0.2) is 49.7 Å². The molecule has 6 atom stereocenters. The maximum atomic E-state index is 13.3. The number of hydrogen-bond acceptors (Lipinski definition) is 7. The van der Waals surface area contributed by atoms with Gasteiger partial charge < -0.3 is 15.2 Å². The van der Waals surface area contributed by atoms with E-state index >= 15 is 0 Å². The number of ketones is 3. The van der Waals surface area contributed by atoms with Crippen molar-refractivity contribution in [2.24, 2.45) is 28.6 Å². The van der Waals surface area contributed by atoms with E-state index in [1.807, 2.05) is 24.9 Å². The van der Waals surface area contributed by atoms with E-state index in [2.05, 4.69) is 0 Å². The number of hydrogen-bond donors (Lipinski definition) is 4. The molecule has 4 aliphatic carbocycles. The van der Waals surface area contributed by atoms with Gasteiger partial charge in [-0.3, -0.25) is 24.2 Å². The summed E-state index contributed by atoms with van der Waals surface area (Å²) in [5.41, 5.74) is -3.57. The Morgan fingerprint density at radius 2 is 1.91 bits per heavy atom. The molecule has 0 amide bonds. The number of carbonyl (C=O) groups is 3. The fourth-order valence-corrected chi connectivity index (χ4v) is 7.02. The lowest BCUT2D eigenvalue weighted by Crippen LogP contribution is -2.60. The minimum Gasteiger partial charge on any atom is -0.388 e. The molecular weight excluding hydrogens is 459 g/mol. The predicted octanol–water partition coefficient (Wildman–Crippen LogP) is 0.968. The number of allylic oxidation sites excluding steroid dienone is 4. The second-order valence-corrected chi connectivity index (χ2v) is 10.4. The summed E-state index contributed by atoms with van der Waals surface area (Å²) in [6.45, 7) is 3.19. The molecule has 188 valence electrons. The van der Waals surface area contributed by atoms with Crippen LogP contribution in [0, 0.1) is 34.4 Å². The molecule has 0 bridgehead atoms. The Labute approximate surface area is 200 Å². The highest BCUT2D eigenvalue weighted by molar-refractivity contribution is 6.02. The summed E-state index contributed by atoms with van der Waals surface area (Å²) in [4.78, 5) is 61.4. The molecule has 0 radical (unpaired) electrons. The Hall–Kier alpha value is -2.98. The minimum absolute atomic E-state index is 0.0206. The molecule has 0 unspecified atom stereocenters. The molecule has 4 N–H and O–H groups in total. The van der Waals surface area contributed by atoms with Crippen LogP contribution >= 0.6 is 0 Å². The molecule has 1 aromatic heterocycles. The average molecular weight is 489 g/mol. The van der Waals surface area contributed by atoms with Gasteiger partial charge >= 0.3 is 5.69 Å². The van der Waals surface area contributed by atoms with Crippen molar-refractivity contribution in [1.29, 1.82) is 0 Å². The highest BCUT2D eigenvalue weighted by atomic mass is 19.1. The fraction of sp³-hybridized carbons (Fsp3) is 0.560. The average Bonchev–Trinajstić information content (AvgIpc) is 3.07. The van der Waals surface area contributed by atoms with Crippen molar-refractivity contribution >= 4 is 17.3 Å². The van der Waals surface area contributed by atoms with Crippen LogP contribution in [0.3, 0.4) is 0 Å². The Morgan fingerprint density at radius 3 is 2.54 bits per heavy atom. The van der Waals surface area contributed by atoms with Gasteiger partial charge in [0.15, 0.2) is 11.6 Å². The third kappa shape index (κ3) is 3.79. The zero-order valence-electron chi connectivity index (χ0n) is 19.6. The second kappa shape index (κ2) is 8.60. The maximum absolute atomic E-state index is 13.3. The summed E-state index contributed by atoms with van der Waals surface area (Å²) in [5, 5.41) is 20.5. The molecule has 0 saturated heterocycles. The first-order chi connectivity index (χ1) is 16.4. The van der Waals surface area contributed by atoms with Crippen LogP contribution in [0.2, 0.25) is 0 Å². The van der Waals surface area contributed by atoms with Crippen LogP contribution in [0.4, 0.5) is 4.39 Å². The lowest BCUT2D eigenvalue weighted by molar-refractivity contribution is -0.168. The van der Waals surface area contributed by atoms with Crippen molar-refractivity contribution in [3.05, 3.63) is 56.7 Å². The van der Waals surface area contributed by atoms with Crippen LogP contribution in [0.5, 0.6) is 0 Å². The lowest BCUT2D eigenvalue weighted by Gasteiger charge is -2.56. The van der Waals surface area contributed by atoms with Gasteiger partial charge in [-0.2, -0.15) is 4.39 Å². The molecule has 0 aliphatic heterocycles. The number of halogens is 1. The Bertz CT molecular complexity index is 1260. The number of Topliss-reactive ketones (excluding diaryl/α,β-unsaturated/α-hetero) is 2. The molecule has 5 rings (SSSR count). The molecule has 10 heteroatoms. The van der Waals surface area contributed by atoms with Crippen LogP contribution in [-0.2, 0) is 14.4 Å². The number of carbonyl (C=O) groups excluding carboxylic acids is 3. The Morgan fingerprint density at radius 1 is 1.20 bits per heavy atom. The fourth-order valence-electron chi connectivity index (χ4n) is 7.02. The van der Waals surface area contributed by atoms with E-state index in [0.717, 1.165) is 18.4 Å². The minimum atomic E-state index is -1.62. The Balaban J connectivity index is 0.000000271. The van der Waals surface area contributed by atoms with Crippen molar-refractivity contribution in [2.75, 3.05) is 6.61 Å². The zero-order chi connectivity index (χ0) is 25.8. The summed E-state index contributed by atoms with van der Waals surface area (Å²) >= 11 is 0. The molecular formula is C25H29FN2O7. The SMILES string of the molecule is C[C@]12C=CC(=O)C=C1CC[C@@H]1[C@@H]2C(=O)C[C@@]2(C)[C@H]1CC[C@]2(O)C(=O)CO.O=c1[nH]cc(F)c(=O)[nH]1. The van der Waals surface area contributed by atoms with Gasteiger partial charge in [0.25, 0.3) is 5.56 Å². The van der Waals surface area contributed by atoms with Gasteiger partial charge in [0.2, 0.25) is 5.82 Å². The summed E-state index contributed by atoms with van der Waals surface area (Å²) in [5.74, 6) is -1.58. The van der Waals surface area contributed by atoms with E-state index in [4.69, 9.17) is 0 Å². The smallest absolute Gasteiger partial charge is 0.325 e. The van der Waals surface area contributed by atoms with Gasteiger partial charge in [-0.15, -0.1) is 0 Å². The zero-order valence-corrected chi connectivity index (χ0v) is 19.6. The van der Waals surface area contributed by atoms with Gasteiger partial charge in [-0.05, 0) is 49.7 Å². The largest absolute Gasteiger partial charge is 0.388 e. The van der Waals surface area contributed by atoms with Crippen molar-refractivity contribution in [3.63, 3.8) is 0 Å². The first kappa shape index (κ1) is 25.1. The van der Waals surface area contributed by atoms with Gasteiger partial charge in [0.05, 0.1) is 0 Å². The third-order valence-corrected chi connectivity index (χ3v) is 8.79. The molecule has 1 aromatic rings. The summed E-state index contributed by atoms with van der Waals surface area (Å²) in [6, 6.07) is 0. The first-order valence-electron chi connectivity index (χ1n) is 11.7. The van der Waals surface area contributed by atoms with Crippen molar-refractivity contribution in [2.45, 2.75) is 51.6 Å². The predicted molar refractivity (Wildman–Crippen MR) is 122 cm³/mol. The molecule has 0 aromatic carbocycles. The van der Waals surface area contributed by atoms with Crippen molar-refractivity contribution in [3.8, 4) is 0 Å². The molecule has 3 saturated carbocycles. The molecule has 4 aliphatic rings. The van der Waals surface area contributed by atoms with E-state index in [1.165, 1.54) is 0 Å². The number of H-pyrrole nitrogens is 2. The maximum Gasteiger partial charge on any atom is 0.325 e. The number of aromatic nitrogens is 2. The number of rotatable bonds is 2. The van der Waals surface area contributed by atoms with Crippen LogP contribution in [0.1, 0.15) is 46.0 Å². The van der Waals surface area contributed by atoms with Crippen LogP contribution < -0.4 is 11.2 Å². The second-order valence-electron chi connectivity index (χ2n) is 10.4. The molecule has 0 spiro atoms. The van der Waals surface area contributed by atoms with Gasteiger partial charge in [0, 0.05) is 29.4 Å². The number of nitrogens with one attached hydrogen (secondary N) is 2. The summed E-state index contributed by atoms with van der Waals surface area (Å²) < 4.78 is 12.0. The standard InChI is InChI=1S/C21H26O5.C4H3FN2O2/c1-19-7-5-13(23)9-12(19)3-4-14-15-6-8-21(26,17(25)11-22)20(15,2)10-16(24)18(14)19;5-2-1-6-4(9)7-3(2)8/h5,7,9,14-15,18,22,26H,3-4,6,8,10-11H2,1-2H3;1H,(H2,6,7,8,9)/t14-,15-,18+,19-,20-,21-;/m0./s1. The molecule has 9 nitrogen and oxygen atoms in total. The highest BCUT2D eigenvalue weighted by Gasteiger charge is 2.68. The van der Waals surface area contributed by atoms with E-state index in [1.54, 1.807) is 17.1 Å². The van der Waals surface area contributed by atoms with E-state index < -0.39 is 45.9 Å². The monoisotopic (exact) mass is 488 g/mol. The molecule has 3 fully saturated rings. The summed E-state index contributed by atoms with van der Waals surface area (Å²) in [6.07, 6.45) is 8.53. The first-order valence-corrected chi connectivity index (χ1v) is 11.7. The lowest BCUT2D eigenvalue weighted by atomic mass is 9.46. The quantitative estimate of drug-likeness (QED) is 0.483. The van der Waals surface area contributed by atoms with Crippen LogP contribution in [0.15, 0.2) is 39.6 Å². The Kier molecular flexibility index (Phi) is 6.17. The third-order valence-electron chi connectivity index (χ3n) is 8.79. The van der Waals surface area contributed by atoms with Gasteiger partial charge in [-0.1, -0.05) is 25.5 Å². The highest BCUT2D eigenvalue weighted by Crippen LogP contribution is 2.66. The number of aliphatic hydroxyl groups excluding tert-OH is 1. The van der Waals surface area contributed by atoms with E-state index in [0.29, 0.717) is 19.0 Å². The molecule has 35 heavy (non-hydrogen) atoms. The number of aromatic amines is 2. The normalized spacial score (nSPS) is 37.4. The molecule has 1 heterocycles. The summed E-state index contributed by atoms with van der Waals surface area (Å²) in [7, 11) is 0.